The van der Waals surface area contributed by atoms with E-state index < -0.39 is 6.04 Å². The van der Waals surface area contributed by atoms with E-state index in [4.69, 9.17) is 0 Å². The summed E-state index contributed by atoms with van der Waals surface area (Å²) in [5.74, 6) is 0.113. The summed E-state index contributed by atoms with van der Waals surface area (Å²) in [6.45, 7) is 6.35. The monoisotopic (exact) mass is 292 g/mol. The summed E-state index contributed by atoms with van der Waals surface area (Å²) in [7, 11) is 1.87. The van der Waals surface area contributed by atoms with Gasteiger partial charge in [-0.3, -0.25) is 14.3 Å². The van der Waals surface area contributed by atoms with Crippen LogP contribution in [0.25, 0.3) is 0 Å². The van der Waals surface area contributed by atoms with Crippen LogP contribution in [0.3, 0.4) is 0 Å². The van der Waals surface area contributed by atoms with E-state index in [-0.39, 0.29) is 23.8 Å². The third-order valence-corrected chi connectivity index (χ3v) is 4.20. The second-order valence-corrected chi connectivity index (χ2v) is 5.86. The summed E-state index contributed by atoms with van der Waals surface area (Å²) in [6.07, 6.45) is 5.32. The molecule has 0 saturated carbocycles. The summed E-state index contributed by atoms with van der Waals surface area (Å²) >= 11 is 0. The molecule has 1 fully saturated rings. The quantitative estimate of drug-likeness (QED) is 0.870. The van der Waals surface area contributed by atoms with Crippen LogP contribution in [0.2, 0.25) is 0 Å². The fraction of sp³-hybridized carbons (Fsp3) is 0.667. The van der Waals surface area contributed by atoms with Gasteiger partial charge < -0.3 is 10.2 Å². The van der Waals surface area contributed by atoms with Gasteiger partial charge in [-0.25, -0.2) is 0 Å². The Morgan fingerprint density at radius 3 is 2.71 bits per heavy atom. The van der Waals surface area contributed by atoms with Gasteiger partial charge in [0, 0.05) is 19.8 Å². The number of nitrogens with one attached hydrogen (secondary N) is 1. The number of carbonyl (C=O) groups is 2. The molecule has 2 rings (SSSR count). The molecule has 0 radical (unpaired) electrons. The van der Waals surface area contributed by atoms with Crippen molar-refractivity contribution in [3.8, 4) is 0 Å². The van der Waals surface area contributed by atoms with Crippen molar-refractivity contribution in [1.29, 1.82) is 0 Å². The number of hydrogen-bond acceptors (Lipinski definition) is 3. The molecule has 6 heteroatoms. The lowest BCUT2D eigenvalue weighted by molar-refractivity contribution is -0.150. The maximum atomic E-state index is 12.4. The molecule has 0 spiro atoms. The largest absolute Gasteiger partial charge is 0.343 e. The predicted molar refractivity (Wildman–Crippen MR) is 79.5 cm³/mol. The van der Waals surface area contributed by atoms with Crippen molar-refractivity contribution in [2.24, 2.45) is 13.0 Å². The predicted octanol–water partition coefficient (Wildman–Crippen LogP) is 0.724. The van der Waals surface area contributed by atoms with Crippen LogP contribution >= 0.6 is 0 Å². The number of hydrogen-bond donors (Lipinski definition) is 1. The van der Waals surface area contributed by atoms with E-state index >= 15 is 0 Å². The first-order valence-electron chi connectivity index (χ1n) is 7.52. The molecular formula is C15H24N4O2. The highest BCUT2D eigenvalue weighted by Crippen LogP contribution is 2.20. The van der Waals surface area contributed by atoms with Crippen molar-refractivity contribution >= 4 is 11.8 Å². The molecular weight excluding hydrogens is 268 g/mol. The average Bonchev–Trinajstić information content (AvgIpc) is 2.86. The van der Waals surface area contributed by atoms with Crippen LogP contribution in [0.4, 0.5) is 0 Å². The fourth-order valence-electron chi connectivity index (χ4n) is 2.78. The normalized spacial score (nSPS) is 24.1. The summed E-state index contributed by atoms with van der Waals surface area (Å²) in [4.78, 5) is 26.4. The van der Waals surface area contributed by atoms with Gasteiger partial charge in [0.05, 0.1) is 6.20 Å². The van der Waals surface area contributed by atoms with E-state index in [2.05, 4.69) is 10.4 Å². The van der Waals surface area contributed by atoms with Crippen molar-refractivity contribution in [3.05, 3.63) is 18.0 Å². The second-order valence-electron chi connectivity index (χ2n) is 5.86. The number of piperazine rings is 1. The van der Waals surface area contributed by atoms with E-state index in [0.29, 0.717) is 13.0 Å². The average molecular weight is 292 g/mol. The van der Waals surface area contributed by atoms with Crippen LogP contribution in [0, 0.1) is 5.92 Å². The molecule has 1 aromatic rings. The van der Waals surface area contributed by atoms with Crippen molar-refractivity contribution < 1.29 is 9.59 Å². The van der Waals surface area contributed by atoms with E-state index in [1.165, 1.54) is 0 Å². The highest BCUT2D eigenvalue weighted by Gasteiger charge is 2.40. The van der Waals surface area contributed by atoms with E-state index in [1.807, 2.05) is 27.1 Å². The van der Waals surface area contributed by atoms with Gasteiger partial charge in [0.2, 0.25) is 11.8 Å². The van der Waals surface area contributed by atoms with Crippen LogP contribution in [0.1, 0.15) is 32.8 Å². The van der Waals surface area contributed by atoms with Gasteiger partial charge in [0.25, 0.3) is 0 Å². The molecule has 1 saturated heterocycles. The molecule has 0 bridgehead atoms. The summed E-state index contributed by atoms with van der Waals surface area (Å²) in [5.41, 5.74) is 1.08. The van der Waals surface area contributed by atoms with Gasteiger partial charge in [-0.2, -0.15) is 5.10 Å². The summed E-state index contributed by atoms with van der Waals surface area (Å²) in [6, 6.07) is -0.804. The van der Waals surface area contributed by atoms with Crippen molar-refractivity contribution in [3.63, 3.8) is 0 Å². The van der Waals surface area contributed by atoms with Crippen LogP contribution in [0.5, 0.6) is 0 Å². The summed E-state index contributed by atoms with van der Waals surface area (Å²) < 4.78 is 1.74. The molecule has 3 unspecified atom stereocenters. The maximum Gasteiger partial charge on any atom is 0.245 e. The third kappa shape index (κ3) is 3.25. The third-order valence-electron chi connectivity index (χ3n) is 4.20. The van der Waals surface area contributed by atoms with Gasteiger partial charge >= 0.3 is 0 Å². The Hall–Kier alpha value is -1.85. The minimum absolute atomic E-state index is 0.00351. The first-order chi connectivity index (χ1) is 9.93. The molecule has 1 N–H and O–H groups in total. The number of nitrogens with zero attached hydrogens (tertiary/aromatic N) is 3. The van der Waals surface area contributed by atoms with Crippen molar-refractivity contribution in [2.75, 3.05) is 6.54 Å². The lowest BCUT2D eigenvalue weighted by Gasteiger charge is -2.40. The standard InChI is InChI=1S/C15H24N4O2/c1-5-10(2)13-14(20)17-11(3)15(21)19(13)7-6-12-8-16-18(4)9-12/h8-11,13H,5-7H2,1-4H3,(H,17,20). The summed E-state index contributed by atoms with van der Waals surface area (Å²) in [5, 5.41) is 6.91. The molecule has 0 aromatic carbocycles. The van der Waals surface area contributed by atoms with E-state index in [9.17, 15) is 9.59 Å². The van der Waals surface area contributed by atoms with Crippen LogP contribution < -0.4 is 5.32 Å². The highest BCUT2D eigenvalue weighted by molar-refractivity contribution is 5.96. The molecule has 6 nitrogen and oxygen atoms in total. The second kappa shape index (κ2) is 6.28. The lowest BCUT2D eigenvalue weighted by Crippen LogP contribution is -2.64. The molecule has 2 heterocycles. The van der Waals surface area contributed by atoms with Crippen LogP contribution in [-0.2, 0) is 23.1 Å². The fourth-order valence-corrected chi connectivity index (χ4v) is 2.78. The Kier molecular flexibility index (Phi) is 4.65. The molecule has 1 aliphatic heterocycles. The number of carbonyl (C=O) groups excluding carboxylic acids is 2. The van der Waals surface area contributed by atoms with E-state index in [0.717, 1.165) is 12.0 Å². The van der Waals surface area contributed by atoms with Crippen LogP contribution in [-0.4, -0.2) is 45.1 Å². The van der Waals surface area contributed by atoms with Crippen molar-refractivity contribution in [2.45, 2.75) is 45.7 Å². The maximum absolute atomic E-state index is 12.4. The molecule has 21 heavy (non-hydrogen) atoms. The molecule has 1 aliphatic rings. The molecule has 3 atom stereocenters. The Morgan fingerprint density at radius 1 is 1.43 bits per heavy atom. The van der Waals surface area contributed by atoms with Gasteiger partial charge in [0.15, 0.2) is 0 Å². The van der Waals surface area contributed by atoms with Gasteiger partial charge in [-0.1, -0.05) is 20.3 Å². The van der Waals surface area contributed by atoms with Gasteiger partial charge in [-0.05, 0) is 24.8 Å². The zero-order valence-corrected chi connectivity index (χ0v) is 13.2. The van der Waals surface area contributed by atoms with Gasteiger partial charge in [0.1, 0.15) is 12.1 Å². The van der Waals surface area contributed by atoms with Gasteiger partial charge in [-0.15, -0.1) is 0 Å². The first kappa shape index (κ1) is 15.5. The molecule has 1 aromatic heterocycles. The SMILES string of the molecule is CCC(C)C1C(=O)NC(C)C(=O)N1CCc1cnn(C)c1. The Morgan fingerprint density at radius 2 is 2.14 bits per heavy atom. The number of rotatable bonds is 5. The molecule has 116 valence electrons. The Bertz CT molecular complexity index is 525. The van der Waals surface area contributed by atoms with E-state index in [1.54, 1.807) is 22.7 Å². The van der Waals surface area contributed by atoms with Crippen LogP contribution in [0.15, 0.2) is 12.4 Å². The zero-order chi connectivity index (χ0) is 15.6. The Balaban J connectivity index is 2.13. The minimum atomic E-state index is -0.438. The zero-order valence-electron chi connectivity index (χ0n) is 13.2. The topological polar surface area (TPSA) is 67.2 Å². The minimum Gasteiger partial charge on any atom is -0.343 e. The number of aromatic nitrogens is 2. The molecule has 2 amide bonds. The lowest BCUT2D eigenvalue weighted by atomic mass is 9.93. The molecule has 0 aliphatic carbocycles. The highest BCUT2D eigenvalue weighted by atomic mass is 16.2. The van der Waals surface area contributed by atoms with Crippen molar-refractivity contribution in [1.82, 2.24) is 20.0 Å². The smallest absolute Gasteiger partial charge is 0.245 e. The Labute approximate surface area is 125 Å². The number of amides is 2. The number of aryl methyl sites for hydroxylation is 1. The first-order valence-corrected chi connectivity index (χ1v) is 7.52.